The molecule has 3 heteroatoms. The van der Waals surface area contributed by atoms with E-state index in [1.807, 2.05) is 0 Å². The Balaban J connectivity index is 3.03. The van der Waals surface area contributed by atoms with Crippen molar-refractivity contribution in [2.24, 2.45) is 0 Å². The lowest BCUT2D eigenvalue weighted by Crippen LogP contribution is -2.01. The molecule has 1 rings (SSSR count). The van der Waals surface area contributed by atoms with E-state index >= 15 is 0 Å². The summed E-state index contributed by atoms with van der Waals surface area (Å²) in [6, 6.07) is 7.58. The van der Waals surface area contributed by atoms with E-state index < -0.39 is 5.97 Å². The summed E-state index contributed by atoms with van der Waals surface area (Å²) >= 11 is 5.64. The van der Waals surface area contributed by atoms with Crippen LogP contribution >= 0.6 is 11.6 Å². The quantitative estimate of drug-likeness (QED) is 0.601. The zero-order valence-electron chi connectivity index (χ0n) is 5.93. The van der Waals surface area contributed by atoms with Crippen molar-refractivity contribution in [1.29, 1.82) is 0 Å². The summed E-state index contributed by atoms with van der Waals surface area (Å²) in [5.74, 6) is -0.438. The van der Waals surface area contributed by atoms with E-state index in [4.69, 9.17) is 11.6 Å². The number of rotatable bonds is 1. The molecule has 0 spiro atoms. The lowest BCUT2D eigenvalue weighted by atomic mass is 10.2. The number of benzene rings is 1. The third-order valence-electron chi connectivity index (χ3n) is 1.21. The molecule has 0 unspecified atom stereocenters. The largest absolute Gasteiger partial charge is 0.465 e. The molecular weight excluding hydrogens is 164 g/mol. The minimum atomic E-state index is -0.438. The van der Waals surface area contributed by atoms with Crippen LogP contribution in [0.1, 0.15) is 10.4 Å². The lowest BCUT2D eigenvalue weighted by molar-refractivity contribution is 0.0601. The van der Waals surface area contributed by atoms with Gasteiger partial charge < -0.3 is 4.74 Å². The molecule has 0 bridgehead atoms. The second-order valence-electron chi connectivity index (χ2n) is 1.89. The molecule has 1 radical (unpaired) electrons. The summed E-state index contributed by atoms with van der Waals surface area (Å²) in [5.41, 5.74) is 0.344. The summed E-state index contributed by atoms with van der Waals surface area (Å²) in [4.78, 5) is 10.9. The zero-order chi connectivity index (χ0) is 8.27. The van der Waals surface area contributed by atoms with Gasteiger partial charge in [-0.25, -0.2) is 4.79 Å². The predicted octanol–water partition coefficient (Wildman–Crippen LogP) is 1.93. The number of carbonyl (C=O) groups is 1. The van der Waals surface area contributed by atoms with Crippen LogP contribution in [-0.2, 0) is 4.74 Å². The third-order valence-corrected chi connectivity index (χ3v) is 1.52. The molecule has 0 aliphatic heterocycles. The van der Waals surface area contributed by atoms with Gasteiger partial charge in [0.2, 0.25) is 0 Å². The van der Waals surface area contributed by atoms with Crippen molar-refractivity contribution in [3.05, 3.63) is 34.9 Å². The molecule has 1 aromatic carbocycles. The van der Waals surface area contributed by atoms with Crippen molar-refractivity contribution in [2.75, 3.05) is 7.11 Å². The average Bonchev–Trinajstić information content (AvgIpc) is 2.04. The van der Waals surface area contributed by atoms with Gasteiger partial charge in [-0.2, -0.15) is 0 Å². The summed E-state index contributed by atoms with van der Waals surface area (Å²) in [5, 5.41) is 0.291. The minimum absolute atomic E-state index is 0.291. The van der Waals surface area contributed by atoms with E-state index in [9.17, 15) is 4.79 Å². The molecule has 57 valence electrons. The Morgan fingerprint density at radius 3 is 3.00 bits per heavy atom. The third kappa shape index (κ3) is 1.71. The fourth-order valence-electron chi connectivity index (χ4n) is 0.684. The molecule has 0 saturated heterocycles. The van der Waals surface area contributed by atoms with Gasteiger partial charge in [0.1, 0.15) is 0 Å². The first-order valence-electron chi connectivity index (χ1n) is 3.00. The fourth-order valence-corrected chi connectivity index (χ4v) is 0.887. The molecule has 0 amide bonds. The van der Waals surface area contributed by atoms with E-state index in [0.29, 0.717) is 10.6 Å². The van der Waals surface area contributed by atoms with Gasteiger partial charge in [0.25, 0.3) is 0 Å². The van der Waals surface area contributed by atoms with Gasteiger partial charge in [-0.15, -0.1) is 0 Å². The number of methoxy groups -OCH3 is 1. The van der Waals surface area contributed by atoms with Gasteiger partial charge in [-0.05, 0) is 6.07 Å². The summed E-state index contributed by atoms with van der Waals surface area (Å²) in [7, 11) is 1.31. The first-order chi connectivity index (χ1) is 5.25. The number of ether oxygens (including phenoxy) is 1. The van der Waals surface area contributed by atoms with E-state index in [0.717, 1.165) is 0 Å². The van der Waals surface area contributed by atoms with Crippen LogP contribution < -0.4 is 0 Å². The summed E-state index contributed by atoms with van der Waals surface area (Å²) in [6.45, 7) is 0. The summed E-state index contributed by atoms with van der Waals surface area (Å²) in [6.07, 6.45) is 0. The van der Waals surface area contributed by atoms with Crippen molar-refractivity contribution in [1.82, 2.24) is 0 Å². The average molecular weight is 170 g/mol. The highest BCUT2D eigenvalue weighted by atomic mass is 35.5. The molecule has 0 aromatic heterocycles. The molecule has 0 fully saturated rings. The van der Waals surface area contributed by atoms with Gasteiger partial charge in [0.05, 0.1) is 17.7 Å². The first kappa shape index (κ1) is 8.08. The van der Waals surface area contributed by atoms with E-state index in [2.05, 4.69) is 10.8 Å². The highest BCUT2D eigenvalue weighted by molar-refractivity contribution is 6.33. The smallest absolute Gasteiger partial charge is 0.339 e. The number of halogens is 1. The van der Waals surface area contributed by atoms with Crippen LogP contribution in [0.4, 0.5) is 0 Å². The van der Waals surface area contributed by atoms with Crippen LogP contribution in [0.5, 0.6) is 0 Å². The maximum atomic E-state index is 10.9. The fraction of sp³-hybridized carbons (Fsp3) is 0.125. The number of hydrogen-bond acceptors (Lipinski definition) is 2. The van der Waals surface area contributed by atoms with Gasteiger partial charge in [-0.3, -0.25) is 0 Å². The topological polar surface area (TPSA) is 26.3 Å². The Kier molecular flexibility index (Phi) is 2.49. The molecule has 0 aliphatic carbocycles. The van der Waals surface area contributed by atoms with Gasteiger partial charge >= 0.3 is 5.97 Å². The number of esters is 1. The van der Waals surface area contributed by atoms with E-state index in [-0.39, 0.29) is 0 Å². The van der Waals surface area contributed by atoms with Crippen LogP contribution in [0, 0.1) is 6.07 Å². The normalized spacial score (nSPS) is 9.27. The van der Waals surface area contributed by atoms with E-state index in [1.54, 1.807) is 18.2 Å². The maximum absolute atomic E-state index is 10.9. The van der Waals surface area contributed by atoms with Gasteiger partial charge in [0.15, 0.2) is 0 Å². The molecule has 0 atom stereocenters. The second kappa shape index (κ2) is 3.39. The summed E-state index contributed by atoms with van der Waals surface area (Å²) < 4.78 is 4.47. The van der Waals surface area contributed by atoms with Crippen LogP contribution in [0.2, 0.25) is 5.02 Å². The maximum Gasteiger partial charge on any atom is 0.339 e. The van der Waals surface area contributed by atoms with Crippen molar-refractivity contribution < 1.29 is 9.53 Å². The molecule has 2 nitrogen and oxygen atoms in total. The Labute approximate surface area is 69.7 Å². The Morgan fingerprint density at radius 2 is 2.45 bits per heavy atom. The standard InChI is InChI=1S/C8H6ClO2/c1-11-8(10)6-4-2-3-5-7(6)9/h2-4H,1H3. The van der Waals surface area contributed by atoms with Crippen LogP contribution in [0.15, 0.2) is 18.2 Å². The van der Waals surface area contributed by atoms with Crippen molar-refractivity contribution in [3.63, 3.8) is 0 Å². The SMILES string of the molecule is COC(=O)c1ccc[c]c1Cl. The van der Waals surface area contributed by atoms with Crippen LogP contribution in [-0.4, -0.2) is 13.1 Å². The molecular formula is C8H6ClO2. The molecule has 1 aromatic rings. The molecule has 11 heavy (non-hydrogen) atoms. The van der Waals surface area contributed by atoms with E-state index in [1.165, 1.54) is 7.11 Å². The van der Waals surface area contributed by atoms with Crippen LogP contribution in [0.3, 0.4) is 0 Å². The van der Waals surface area contributed by atoms with Crippen molar-refractivity contribution >= 4 is 17.6 Å². The highest BCUT2D eigenvalue weighted by Gasteiger charge is 2.07. The molecule has 0 N–H and O–H groups in total. The Hall–Kier alpha value is -1.02. The highest BCUT2D eigenvalue weighted by Crippen LogP contribution is 2.14. The monoisotopic (exact) mass is 169 g/mol. The Morgan fingerprint density at radius 1 is 1.73 bits per heavy atom. The molecule has 0 aliphatic rings. The number of hydrogen-bond donors (Lipinski definition) is 0. The molecule has 0 saturated carbocycles. The van der Waals surface area contributed by atoms with Gasteiger partial charge in [0, 0.05) is 6.07 Å². The number of carbonyl (C=O) groups excluding carboxylic acids is 1. The van der Waals surface area contributed by atoms with Gasteiger partial charge in [-0.1, -0.05) is 23.7 Å². The lowest BCUT2D eigenvalue weighted by Gasteiger charge is -1.98. The first-order valence-corrected chi connectivity index (χ1v) is 3.38. The Bertz CT molecular complexity index is 271. The zero-order valence-corrected chi connectivity index (χ0v) is 6.68. The van der Waals surface area contributed by atoms with Crippen LogP contribution in [0.25, 0.3) is 0 Å². The second-order valence-corrected chi connectivity index (χ2v) is 2.27. The van der Waals surface area contributed by atoms with Crippen molar-refractivity contribution in [2.45, 2.75) is 0 Å². The predicted molar refractivity (Wildman–Crippen MR) is 41.6 cm³/mol. The van der Waals surface area contributed by atoms with Crippen molar-refractivity contribution in [3.8, 4) is 0 Å². The molecule has 0 heterocycles. The minimum Gasteiger partial charge on any atom is -0.465 e.